The van der Waals surface area contributed by atoms with Crippen LogP contribution in [0.1, 0.15) is 59.3 Å². The van der Waals surface area contributed by atoms with Gasteiger partial charge in [-0.1, -0.05) is 12.1 Å². The lowest BCUT2D eigenvalue weighted by molar-refractivity contribution is -0.142. The van der Waals surface area contributed by atoms with Crippen LogP contribution in [0.4, 0.5) is 32.0 Å². The minimum absolute atomic E-state index is 0.0365. The molecule has 0 aliphatic heterocycles. The van der Waals surface area contributed by atoms with Gasteiger partial charge in [-0.15, -0.1) is 0 Å². The summed E-state index contributed by atoms with van der Waals surface area (Å²) in [5.41, 5.74) is -3.58. The van der Waals surface area contributed by atoms with Crippen LogP contribution in [0.25, 0.3) is 0 Å². The minimum Gasteiger partial charge on any atom is -0.465 e. The molecule has 3 aromatic rings. The number of nitrogens with one attached hydrogen (secondary N) is 1. The third-order valence-electron chi connectivity index (χ3n) is 5.46. The third-order valence-corrected chi connectivity index (χ3v) is 5.46. The monoisotopic (exact) mass is 570 g/mol. The van der Waals surface area contributed by atoms with Crippen molar-refractivity contribution in [3.63, 3.8) is 0 Å². The lowest BCUT2D eigenvalue weighted by Crippen LogP contribution is -2.33. The zero-order valence-corrected chi connectivity index (χ0v) is 22.2. The van der Waals surface area contributed by atoms with E-state index in [4.69, 9.17) is 9.15 Å². The van der Waals surface area contributed by atoms with Gasteiger partial charge in [-0.2, -0.15) is 26.3 Å². The maximum atomic E-state index is 13.5. The second-order valence-corrected chi connectivity index (χ2v) is 10.2. The highest BCUT2D eigenvalue weighted by atomic mass is 19.4. The highest BCUT2D eigenvalue weighted by Crippen LogP contribution is 2.39. The summed E-state index contributed by atoms with van der Waals surface area (Å²) < 4.78 is 90.4. The Balaban J connectivity index is 1.80. The molecule has 3 rings (SSSR count). The Morgan fingerprint density at radius 3 is 2.05 bits per heavy atom. The van der Waals surface area contributed by atoms with E-state index in [2.05, 4.69) is 5.32 Å². The van der Waals surface area contributed by atoms with E-state index in [9.17, 15) is 35.9 Å². The molecule has 0 radical (unpaired) electrons. The summed E-state index contributed by atoms with van der Waals surface area (Å²) in [6.07, 6.45) is -10.1. The van der Waals surface area contributed by atoms with Crippen molar-refractivity contribution in [2.75, 3.05) is 11.9 Å². The van der Waals surface area contributed by atoms with Crippen LogP contribution in [0.15, 0.2) is 59.0 Å². The van der Waals surface area contributed by atoms with Gasteiger partial charge in [0.2, 0.25) is 5.91 Å². The number of esters is 1. The number of furan rings is 1. The fourth-order valence-corrected chi connectivity index (χ4v) is 3.76. The van der Waals surface area contributed by atoms with E-state index in [1.807, 2.05) is 0 Å². The predicted molar refractivity (Wildman–Crippen MR) is 134 cm³/mol. The van der Waals surface area contributed by atoms with Gasteiger partial charge in [-0.3, -0.25) is 9.69 Å². The Kier molecular flexibility index (Phi) is 9.03. The number of hydrogen-bond acceptors (Lipinski definition) is 5. The molecule has 0 aliphatic rings. The number of amides is 1. The molecule has 6 nitrogen and oxygen atoms in total. The topological polar surface area (TPSA) is 71.8 Å². The molecule has 12 heteroatoms. The number of anilines is 1. The van der Waals surface area contributed by atoms with Gasteiger partial charge in [-0.05, 0) is 75.7 Å². The number of rotatable bonds is 8. The van der Waals surface area contributed by atoms with Crippen molar-refractivity contribution in [2.24, 2.45) is 0 Å². The first-order chi connectivity index (χ1) is 18.4. The van der Waals surface area contributed by atoms with Gasteiger partial charge in [-0.25, -0.2) is 4.79 Å². The Labute approximate surface area is 226 Å². The second kappa shape index (κ2) is 11.7. The van der Waals surface area contributed by atoms with E-state index in [1.165, 1.54) is 0 Å². The summed E-state index contributed by atoms with van der Waals surface area (Å²) in [7, 11) is 0. The molecule has 1 N–H and O–H groups in total. The molecule has 2 aromatic carbocycles. The smallest absolute Gasteiger partial charge is 0.418 e. The number of aryl methyl sites for hydroxylation is 1. The molecule has 0 fully saturated rings. The molecule has 40 heavy (non-hydrogen) atoms. The summed E-state index contributed by atoms with van der Waals surface area (Å²) >= 11 is 0. The Hall–Kier alpha value is -3.80. The van der Waals surface area contributed by atoms with Crippen LogP contribution in [-0.4, -0.2) is 28.9 Å². The molecule has 0 saturated carbocycles. The number of nitrogens with zero attached hydrogens (tertiary/aromatic N) is 1. The largest absolute Gasteiger partial charge is 0.465 e. The molecule has 0 unspecified atom stereocenters. The van der Waals surface area contributed by atoms with Gasteiger partial charge < -0.3 is 14.5 Å². The fraction of sp³-hybridized carbons (Fsp3) is 0.357. The van der Waals surface area contributed by atoms with Crippen LogP contribution >= 0.6 is 0 Å². The number of alkyl halides is 6. The quantitative estimate of drug-likeness (QED) is 0.229. The number of carbonyl (C=O) groups is 2. The van der Waals surface area contributed by atoms with Gasteiger partial charge in [0.15, 0.2) is 0 Å². The lowest BCUT2D eigenvalue weighted by atomic mass is 10.1. The number of ether oxygens (including phenoxy) is 1. The summed E-state index contributed by atoms with van der Waals surface area (Å²) in [4.78, 5) is 26.7. The maximum absolute atomic E-state index is 13.5. The van der Waals surface area contributed by atoms with Crippen molar-refractivity contribution in [1.82, 2.24) is 4.90 Å². The van der Waals surface area contributed by atoms with Gasteiger partial charge in [0, 0.05) is 6.54 Å². The van der Waals surface area contributed by atoms with Crippen LogP contribution in [0, 0.1) is 6.92 Å². The number of benzene rings is 2. The molecule has 0 saturated heterocycles. The standard InChI is InChI=1S/C28H28F6N2O4/c1-17-5-11-21(39-17)15-36(14-18-6-8-19(9-7-18)25(38)40-26(2,3)4)16-24(37)35-23-12-10-20(27(29,30)31)13-22(23)28(32,33)34/h5-13H,14-16H2,1-4H3,(H,35,37). The predicted octanol–water partition coefficient (Wildman–Crippen LogP) is 7.22. The molecule has 0 aliphatic carbocycles. The fourth-order valence-electron chi connectivity index (χ4n) is 3.76. The summed E-state index contributed by atoms with van der Waals surface area (Å²) in [5.74, 6) is -0.292. The maximum Gasteiger partial charge on any atom is 0.418 e. The van der Waals surface area contributed by atoms with Crippen LogP contribution < -0.4 is 5.32 Å². The van der Waals surface area contributed by atoms with Crippen LogP contribution in [0.5, 0.6) is 0 Å². The Morgan fingerprint density at radius 1 is 0.875 bits per heavy atom. The molecule has 1 aromatic heterocycles. The average Bonchev–Trinajstić information content (AvgIpc) is 3.21. The summed E-state index contributed by atoms with van der Waals surface area (Å²) in [6.45, 7) is 6.77. The number of halogens is 6. The molecule has 0 spiro atoms. The van der Waals surface area contributed by atoms with Gasteiger partial charge in [0.1, 0.15) is 17.1 Å². The molecule has 216 valence electrons. The van der Waals surface area contributed by atoms with E-state index in [0.717, 1.165) is 0 Å². The van der Waals surface area contributed by atoms with Crippen molar-refractivity contribution in [2.45, 2.75) is 58.7 Å². The molecular formula is C28H28F6N2O4. The summed E-state index contributed by atoms with van der Waals surface area (Å²) in [6, 6.07) is 10.8. The summed E-state index contributed by atoms with van der Waals surface area (Å²) in [5, 5.41) is 2.09. The molecule has 0 bridgehead atoms. The van der Waals surface area contributed by atoms with Crippen molar-refractivity contribution in [1.29, 1.82) is 0 Å². The van der Waals surface area contributed by atoms with Gasteiger partial charge in [0.25, 0.3) is 0 Å². The SMILES string of the molecule is Cc1ccc(CN(CC(=O)Nc2ccc(C(F)(F)F)cc2C(F)(F)F)Cc2ccc(C(=O)OC(C)(C)C)cc2)o1. The normalized spacial score (nSPS) is 12.5. The van der Waals surface area contributed by atoms with E-state index >= 15 is 0 Å². The first-order valence-electron chi connectivity index (χ1n) is 12.1. The van der Waals surface area contributed by atoms with E-state index in [0.29, 0.717) is 34.8 Å². The molecule has 1 heterocycles. The molecule has 0 atom stereocenters. The van der Waals surface area contributed by atoms with E-state index in [-0.39, 0.29) is 19.2 Å². The van der Waals surface area contributed by atoms with Crippen LogP contribution in [0.3, 0.4) is 0 Å². The van der Waals surface area contributed by atoms with E-state index < -0.39 is 53.2 Å². The van der Waals surface area contributed by atoms with Gasteiger partial charge in [0.05, 0.1) is 35.5 Å². The molecular weight excluding hydrogens is 542 g/mol. The lowest BCUT2D eigenvalue weighted by Gasteiger charge is -2.22. The van der Waals surface area contributed by atoms with Crippen molar-refractivity contribution in [3.8, 4) is 0 Å². The van der Waals surface area contributed by atoms with Crippen LogP contribution in [0.2, 0.25) is 0 Å². The van der Waals surface area contributed by atoms with E-state index in [1.54, 1.807) is 69.0 Å². The van der Waals surface area contributed by atoms with Gasteiger partial charge >= 0.3 is 18.3 Å². The van der Waals surface area contributed by atoms with Crippen molar-refractivity contribution >= 4 is 17.6 Å². The first kappa shape index (κ1) is 30.7. The van der Waals surface area contributed by atoms with Crippen LogP contribution in [-0.2, 0) is 35.0 Å². The van der Waals surface area contributed by atoms with Crippen molar-refractivity contribution < 1.29 is 45.1 Å². The minimum atomic E-state index is -5.13. The number of carbonyl (C=O) groups excluding carboxylic acids is 2. The number of hydrogen-bond donors (Lipinski definition) is 1. The second-order valence-electron chi connectivity index (χ2n) is 10.2. The molecule has 1 amide bonds. The van der Waals surface area contributed by atoms with Crippen molar-refractivity contribution in [3.05, 3.63) is 88.4 Å². The highest BCUT2D eigenvalue weighted by Gasteiger charge is 2.38. The Bertz CT molecular complexity index is 1340. The zero-order valence-electron chi connectivity index (χ0n) is 22.2. The average molecular weight is 571 g/mol. The third kappa shape index (κ3) is 8.87. The highest BCUT2D eigenvalue weighted by molar-refractivity contribution is 5.93. The zero-order chi connectivity index (χ0) is 29.9. The Morgan fingerprint density at radius 2 is 1.52 bits per heavy atom. The first-order valence-corrected chi connectivity index (χ1v) is 12.1.